The number of nitrogens with one attached hydrogen (secondary N) is 1. The van der Waals surface area contributed by atoms with Gasteiger partial charge in [0, 0.05) is 17.4 Å². The van der Waals surface area contributed by atoms with Crippen LogP contribution in [0.1, 0.15) is 25.7 Å². The molecule has 6 heteroatoms. The molecule has 2 atom stereocenters. The molecule has 0 radical (unpaired) electrons. The fourth-order valence-electron chi connectivity index (χ4n) is 2.30. The van der Waals surface area contributed by atoms with E-state index in [2.05, 4.69) is 10.3 Å². The van der Waals surface area contributed by atoms with Crippen molar-refractivity contribution in [2.75, 3.05) is 17.3 Å². The lowest BCUT2D eigenvalue weighted by molar-refractivity contribution is 0.471. The number of nitrogens with zero attached hydrogens (tertiary/aromatic N) is 1. The number of halogens is 2. The molecule has 2 unspecified atom stereocenters. The molecule has 0 saturated heterocycles. The summed E-state index contributed by atoms with van der Waals surface area (Å²) >= 11 is 1.77. The summed E-state index contributed by atoms with van der Waals surface area (Å²) in [5, 5.41) is 3.50. The molecule has 18 heavy (non-hydrogen) atoms. The normalized spacial score (nSPS) is 23.9. The van der Waals surface area contributed by atoms with Gasteiger partial charge in [0.15, 0.2) is 23.3 Å². The van der Waals surface area contributed by atoms with E-state index >= 15 is 0 Å². The maximum absolute atomic E-state index is 13.6. The van der Waals surface area contributed by atoms with Crippen LogP contribution < -0.4 is 11.1 Å². The number of pyridine rings is 1. The second kappa shape index (κ2) is 5.73. The molecule has 1 aliphatic carbocycles. The van der Waals surface area contributed by atoms with Gasteiger partial charge >= 0.3 is 0 Å². The summed E-state index contributed by atoms with van der Waals surface area (Å²) in [6.45, 7) is 0. The fraction of sp³-hybridized carbons (Fsp3) is 0.583. The lowest BCUT2D eigenvalue weighted by Gasteiger charge is -2.31. The van der Waals surface area contributed by atoms with Crippen molar-refractivity contribution in [3.63, 3.8) is 0 Å². The summed E-state index contributed by atoms with van der Waals surface area (Å²) in [5.74, 6) is -1.72. The Labute approximate surface area is 110 Å². The quantitative estimate of drug-likeness (QED) is 0.889. The van der Waals surface area contributed by atoms with E-state index in [1.807, 2.05) is 6.26 Å². The molecule has 1 aliphatic rings. The summed E-state index contributed by atoms with van der Waals surface area (Å²) in [6.07, 6.45) is 6.45. The summed E-state index contributed by atoms with van der Waals surface area (Å²) < 4.78 is 26.6. The van der Waals surface area contributed by atoms with Gasteiger partial charge in [0.2, 0.25) is 0 Å². The van der Waals surface area contributed by atoms with Crippen molar-refractivity contribution in [2.24, 2.45) is 0 Å². The number of hydrogen-bond acceptors (Lipinski definition) is 4. The molecule has 1 aromatic heterocycles. The number of hydrogen-bond donors (Lipinski definition) is 2. The lowest BCUT2D eigenvalue weighted by Crippen LogP contribution is -2.35. The summed E-state index contributed by atoms with van der Waals surface area (Å²) in [4.78, 5) is 3.74. The predicted octanol–water partition coefficient (Wildman–Crippen LogP) is 3.03. The van der Waals surface area contributed by atoms with Crippen LogP contribution in [-0.4, -0.2) is 22.5 Å². The zero-order chi connectivity index (χ0) is 13.1. The van der Waals surface area contributed by atoms with E-state index in [1.54, 1.807) is 11.8 Å². The second-order valence-corrected chi connectivity index (χ2v) is 5.57. The Kier molecular flexibility index (Phi) is 4.27. The van der Waals surface area contributed by atoms with Gasteiger partial charge in [0.1, 0.15) is 0 Å². The van der Waals surface area contributed by atoms with E-state index in [1.165, 1.54) is 6.42 Å². The van der Waals surface area contributed by atoms with Crippen molar-refractivity contribution >= 4 is 23.4 Å². The molecule has 1 heterocycles. The number of anilines is 2. The smallest absolute Gasteiger partial charge is 0.168 e. The van der Waals surface area contributed by atoms with Gasteiger partial charge in [0.05, 0.1) is 0 Å². The number of nitrogens with two attached hydrogens (primary N) is 1. The largest absolute Gasteiger partial charge is 0.381 e. The first kappa shape index (κ1) is 13.4. The monoisotopic (exact) mass is 273 g/mol. The van der Waals surface area contributed by atoms with E-state index in [9.17, 15) is 8.78 Å². The highest BCUT2D eigenvalue weighted by atomic mass is 32.2. The highest BCUT2D eigenvalue weighted by molar-refractivity contribution is 7.99. The molecular weight excluding hydrogens is 256 g/mol. The standard InChI is InChI=1S/C12H17F2N3S/c1-18-10-5-3-2-4-9(10)16-12-8(14)6-7(13)11(15)17-12/h6,9-10H,2-5H2,1H3,(H3,15,16,17). The predicted molar refractivity (Wildman–Crippen MR) is 71.7 cm³/mol. The minimum Gasteiger partial charge on any atom is -0.381 e. The van der Waals surface area contributed by atoms with Gasteiger partial charge in [-0.2, -0.15) is 11.8 Å². The zero-order valence-corrected chi connectivity index (χ0v) is 11.1. The molecular formula is C12H17F2N3S. The average molecular weight is 273 g/mol. The number of nitrogen functional groups attached to an aromatic ring is 1. The molecule has 1 fully saturated rings. The first-order valence-electron chi connectivity index (χ1n) is 6.02. The molecule has 100 valence electrons. The van der Waals surface area contributed by atoms with Crippen molar-refractivity contribution in [1.82, 2.24) is 4.98 Å². The highest BCUT2D eigenvalue weighted by Crippen LogP contribution is 2.30. The van der Waals surface area contributed by atoms with Crippen molar-refractivity contribution in [2.45, 2.75) is 37.0 Å². The van der Waals surface area contributed by atoms with Crippen molar-refractivity contribution in [3.05, 3.63) is 17.7 Å². The number of thioether (sulfide) groups is 1. The third kappa shape index (κ3) is 2.85. The van der Waals surface area contributed by atoms with Crippen molar-refractivity contribution in [3.8, 4) is 0 Å². The summed E-state index contributed by atoms with van der Waals surface area (Å²) in [7, 11) is 0. The number of rotatable bonds is 3. The lowest BCUT2D eigenvalue weighted by atomic mass is 9.95. The third-order valence-electron chi connectivity index (χ3n) is 3.28. The Balaban J connectivity index is 2.15. The SMILES string of the molecule is CSC1CCCCC1Nc1nc(N)c(F)cc1F. The van der Waals surface area contributed by atoms with Crippen LogP contribution in [0.5, 0.6) is 0 Å². The second-order valence-electron chi connectivity index (χ2n) is 4.50. The van der Waals surface area contributed by atoms with Gasteiger partial charge in [-0.05, 0) is 19.1 Å². The molecule has 3 N–H and O–H groups in total. The zero-order valence-electron chi connectivity index (χ0n) is 10.2. The number of aromatic nitrogens is 1. The van der Waals surface area contributed by atoms with E-state index in [0.29, 0.717) is 5.25 Å². The van der Waals surface area contributed by atoms with E-state index in [-0.39, 0.29) is 17.7 Å². The van der Waals surface area contributed by atoms with Crippen LogP contribution in [0.3, 0.4) is 0 Å². The summed E-state index contributed by atoms with van der Waals surface area (Å²) in [6, 6.07) is 0.947. The Morgan fingerprint density at radius 2 is 2.06 bits per heavy atom. The van der Waals surface area contributed by atoms with Crippen LogP contribution >= 0.6 is 11.8 Å². The maximum atomic E-state index is 13.6. The molecule has 0 aliphatic heterocycles. The molecule has 1 saturated carbocycles. The van der Waals surface area contributed by atoms with Gasteiger partial charge in [-0.15, -0.1) is 0 Å². The molecule has 2 rings (SSSR count). The minimum atomic E-state index is -0.817. The molecule has 0 spiro atoms. The highest BCUT2D eigenvalue weighted by Gasteiger charge is 2.25. The van der Waals surface area contributed by atoms with Crippen molar-refractivity contribution in [1.29, 1.82) is 0 Å². The molecule has 0 aromatic carbocycles. The Hall–Kier alpha value is -1.04. The first-order chi connectivity index (χ1) is 8.61. The molecule has 1 aromatic rings. The summed E-state index contributed by atoms with van der Waals surface area (Å²) in [5.41, 5.74) is 5.36. The van der Waals surface area contributed by atoms with E-state index in [0.717, 1.165) is 25.3 Å². The average Bonchev–Trinajstić information content (AvgIpc) is 2.36. The first-order valence-corrected chi connectivity index (χ1v) is 7.31. The van der Waals surface area contributed by atoms with Crippen LogP contribution in [0.15, 0.2) is 6.07 Å². The van der Waals surface area contributed by atoms with Gasteiger partial charge in [-0.1, -0.05) is 12.8 Å². The van der Waals surface area contributed by atoms with Crippen LogP contribution in [0.25, 0.3) is 0 Å². The minimum absolute atomic E-state index is 0.0554. The van der Waals surface area contributed by atoms with Crippen LogP contribution in [0, 0.1) is 11.6 Å². The van der Waals surface area contributed by atoms with Crippen molar-refractivity contribution < 1.29 is 8.78 Å². The van der Waals surface area contributed by atoms with E-state index in [4.69, 9.17) is 5.73 Å². The molecule has 0 bridgehead atoms. The molecule has 0 amide bonds. The third-order valence-corrected chi connectivity index (χ3v) is 4.45. The Bertz CT molecular complexity index is 428. The Morgan fingerprint density at radius 3 is 2.78 bits per heavy atom. The van der Waals surface area contributed by atoms with Crippen LogP contribution in [0.2, 0.25) is 0 Å². The van der Waals surface area contributed by atoms with Gasteiger partial charge in [-0.3, -0.25) is 0 Å². The molecule has 3 nitrogen and oxygen atoms in total. The Morgan fingerprint density at radius 1 is 1.33 bits per heavy atom. The maximum Gasteiger partial charge on any atom is 0.168 e. The topological polar surface area (TPSA) is 50.9 Å². The van der Waals surface area contributed by atoms with Gasteiger partial charge in [0.25, 0.3) is 0 Å². The van der Waals surface area contributed by atoms with Crippen LogP contribution in [0.4, 0.5) is 20.4 Å². The van der Waals surface area contributed by atoms with Gasteiger partial charge < -0.3 is 11.1 Å². The fourth-order valence-corrected chi connectivity index (χ4v) is 3.24. The van der Waals surface area contributed by atoms with E-state index < -0.39 is 11.6 Å². The van der Waals surface area contributed by atoms with Crippen LogP contribution in [-0.2, 0) is 0 Å². The van der Waals surface area contributed by atoms with Gasteiger partial charge in [-0.25, -0.2) is 13.8 Å².